The Hall–Kier alpha value is -0.820. The van der Waals surface area contributed by atoms with E-state index in [2.05, 4.69) is 60.7 Å². The number of aliphatic imine (C=N–C) groups is 1. The van der Waals surface area contributed by atoms with Gasteiger partial charge in [-0.05, 0) is 51.4 Å². The van der Waals surface area contributed by atoms with Gasteiger partial charge in [0.2, 0.25) is 0 Å². The van der Waals surface area contributed by atoms with Crippen LogP contribution in [0.15, 0.2) is 29.3 Å². The van der Waals surface area contributed by atoms with Gasteiger partial charge in [-0.3, -0.25) is 0 Å². The number of aryl methyl sites for hydroxylation is 1. The summed E-state index contributed by atoms with van der Waals surface area (Å²) in [6.45, 7) is 8.04. The summed E-state index contributed by atoms with van der Waals surface area (Å²) in [5.41, 5.74) is 2.58. The zero-order valence-corrected chi connectivity index (χ0v) is 16.3. The molecule has 1 aromatic rings. The first kappa shape index (κ1) is 19.2. The van der Waals surface area contributed by atoms with Crippen molar-refractivity contribution in [3.05, 3.63) is 35.4 Å². The lowest BCUT2D eigenvalue weighted by molar-refractivity contribution is 0.309. The molecule has 0 bridgehead atoms. The fourth-order valence-electron chi connectivity index (χ4n) is 2.75. The molecule has 1 fully saturated rings. The maximum Gasteiger partial charge on any atom is 0.191 e. The third-order valence-corrected chi connectivity index (χ3v) is 4.19. The smallest absolute Gasteiger partial charge is 0.191 e. The summed E-state index contributed by atoms with van der Waals surface area (Å²) >= 11 is 0. The molecule has 0 saturated carbocycles. The Morgan fingerprint density at radius 3 is 2.73 bits per heavy atom. The van der Waals surface area contributed by atoms with Gasteiger partial charge < -0.3 is 15.5 Å². The van der Waals surface area contributed by atoms with Crippen LogP contribution in [-0.2, 0) is 6.54 Å². The molecular formula is C17H29IN4. The topological polar surface area (TPSA) is 39.7 Å². The SMILES string of the molecule is CCNC(=NCc1ccccc1C)NCC1CCCN1C.I. The summed E-state index contributed by atoms with van der Waals surface area (Å²) in [5, 5.41) is 6.81. The zero-order chi connectivity index (χ0) is 15.1. The van der Waals surface area contributed by atoms with Crippen molar-refractivity contribution >= 4 is 29.9 Å². The second-order valence-corrected chi connectivity index (χ2v) is 5.78. The lowest BCUT2D eigenvalue weighted by atomic mass is 10.1. The van der Waals surface area contributed by atoms with Gasteiger partial charge in [0.05, 0.1) is 6.54 Å². The van der Waals surface area contributed by atoms with Gasteiger partial charge in [-0.25, -0.2) is 4.99 Å². The summed E-state index contributed by atoms with van der Waals surface area (Å²) in [7, 11) is 2.21. The molecule has 1 aliphatic rings. The van der Waals surface area contributed by atoms with Crippen LogP contribution in [0.3, 0.4) is 0 Å². The Morgan fingerprint density at radius 1 is 1.32 bits per heavy atom. The van der Waals surface area contributed by atoms with Crippen LogP contribution in [0.5, 0.6) is 0 Å². The van der Waals surface area contributed by atoms with Crippen molar-refractivity contribution in [2.75, 3.05) is 26.7 Å². The highest BCUT2D eigenvalue weighted by molar-refractivity contribution is 14.0. The fraction of sp³-hybridized carbons (Fsp3) is 0.588. The first-order chi connectivity index (χ1) is 10.2. The van der Waals surface area contributed by atoms with E-state index in [4.69, 9.17) is 4.99 Å². The number of likely N-dealkylation sites (tertiary alicyclic amines) is 1. The molecule has 5 heteroatoms. The summed E-state index contributed by atoms with van der Waals surface area (Å²) in [6, 6.07) is 9.06. The molecule has 2 N–H and O–H groups in total. The van der Waals surface area contributed by atoms with Gasteiger partial charge in [-0.1, -0.05) is 24.3 Å². The summed E-state index contributed by atoms with van der Waals surface area (Å²) < 4.78 is 0. The Morgan fingerprint density at radius 2 is 2.09 bits per heavy atom. The average molecular weight is 416 g/mol. The fourth-order valence-corrected chi connectivity index (χ4v) is 2.75. The predicted molar refractivity (Wildman–Crippen MR) is 105 cm³/mol. The van der Waals surface area contributed by atoms with E-state index in [1.807, 2.05) is 0 Å². The minimum Gasteiger partial charge on any atom is -0.357 e. The van der Waals surface area contributed by atoms with Gasteiger partial charge in [0, 0.05) is 19.1 Å². The highest BCUT2D eigenvalue weighted by Gasteiger charge is 2.20. The number of guanidine groups is 1. The number of hydrogen-bond acceptors (Lipinski definition) is 2. The van der Waals surface area contributed by atoms with Crippen molar-refractivity contribution in [3.8, 4) is 0 Å². The molecule has 2 rings (SSSR count). The van der Waals surface area contributed by atoms with E-state index in [9.17, 15) is 0 Å². The van der Waals surface area contributed by atoms with Crippen molar-refractivity contribution in [2.24, 2.45) is 4.99 Å². The number of hydrogen-bond donors (Lipinski definition) is 2. The van der Waals surface area contributed by atoms with E-state index >= 15 is 0 Å². The average Bonchev–Trinajstić information content (AvgIpc) is 2.89. The number of rotatable bonds is 5. The third kappa shape index (κ3) is 5.76. The summed E-state index contributed by atoms with van der Waals surface area (Å²) in [4.78, 5) is 7.13. The second kappa shape index (κ2) is 10.0. The molecule has 1 unspecified atom stereocenters. The molecule has 124 valence electrons. The van der Waals surface area contributed by atoms with E-state index < -0.39 is 0 Å². The van der Waals surface area contributed by atoms with Crippen molar-refractivity contribution in [3.63, 3.8) is 0 Å². The minimum absolute atomic E-state index is 0. The van der Waals surface area contributed by atoms with Crippen LogP contribution in [0.25, 0.3) is 0 Å². The van der Waals surface area contributed by atoms with Crippen LogP contribution >= 0.6 is 24.0 Å². The van der Waals surface area contributed by atoms with E-state index in [-0.39, 0.29) is 24.0 Å². The Labute approximate surface area is 151 Å². The van der Waals surface area contributed by atoms with E-state index in [1.54, 1.807) is 0 Å². The lowest BCUT2D eigenvalue weighted by Crippen LogP contribution is -2.44. The highest BCUT2D eigenvalue weighted by atomic mass is 127. The molecule has 1 aromatic carbocycles. The molecule has 0 aromatic heterocycles. The van der Waals surface area contributed by atoms with Gasteiger partial charge in [-0.15, -0.1) is 24.0 Å². The first-order valence-corrected chi connectivity index (χ1v) is 7.97. The molecule has 4 nitrogen and oxygen atoms in total. The number of benzene rings is 1. The Balaban J connectivity index is 0.00000242. The van der Waals surface area contributed by atoms with Crippen molar-refractivity contribution < 1.29 is 0 Å². The van der Waals surface area contributed by atoms with E-state index in [0.717, 1.165) is 25.6 Å². The Bertz CT molecular complexity index is 475. The number of nitrogens with one attached hydrogen (secondary N) is 2. The van der Waals surface area contributed by atoms with Gasteiger partial charge in [0.15, 0.2) is 5.96 Å². The summed E-state index contributed by atoms with van der Waals surface area (Å²) in [6.07, 6.45) is 2.58. The number of halogens is 1. The molecular weight excluding hydrogens is 387 g/mol. The van der Waals surface area contributed by atoms with Crippen molar-refractivity contribution in [1.29, 1.82) is 0 Å². The second-order valence-electron chi connectivity index (χ2n) is 5.78. The van der Waals surface area contributed by atoms with Crippen LogP contribution in [0, 0.1) is 6.92 Å². The molecule has 1 saturated heterocycles. The summed E-state index contributed by atoms with van der Waals surface area (Å²) in [5.74, 6) is 0.918. The first-order valence-electron chi connectivity index (χ1n) is 7.97. The Kier molecular flexibility index (Phi) is 8.78. The van der Waals surface area contributed by atoms with Crippen LogP contribution in [0.4, 0.5) is 0 Å². The quantitative estimate of drug-likeness (QED) is 0.441. The molecule has 1 heterocycles. The molecule has 1 atom stereocenters. The number of likely N-dealkylation sites (N-methyl/N-ethyl adjacent to an activating group) is 1. The normalized spacial score (nSPS) is 18.9. The molecule has 0 aliphatic carbocycles. The maximum atomic E-state index is 4.71. The monoisotopic (exact) mass is 416 g/mol. The van der Waals surface area contributed by atoms with Gasteiger partial charge in [-0.2, -0.15) is 0 Å². The van der Waals surface area contributed by atoms with Crippen molar-refractivity contribution in [1.82, 2.24) is 15.5 Å². The number of nitrogens with zero attached hydrogens (tertiary/aromatic N) is 2. The highest BCUT2D eigenvalue weighted by Crippen LogP contribution is 2.13. The lowest BCUT2D eigenvalue weighted by Gasteiger charge is -2.21. The largest absolute Gasteiger partial charge is 0.357 e. The molecule has 1 aliphatic heterocycles. The molecule has 0 spiro atoms. The van der Waals surface area contributed by atoms with E-state index in [1.165, 1.54) is 30.5 Å². The van der Waals surface area contributed by atoms with Crippen LogP contribution < -0.4 is 10.6 Å². The van der Waals surface area contributed by atoms with Gasteiger partial charge in [0.1, 0.15) is 0 Å². The standard InChI is InChI=1S/C17H28N4.HI/c1-4-18-17(20-13-16-10-7-11-21(16)3)19-12-15-9-6-5-8-14(15)2;/h5-6,8-9,16H,4,7,10-13H2,1-3H3,(H2,18,19,20);1H. The van der Waals surface area contributed by atoms with Crippen LogP contribution in [0.1, 0.15) is 30.9 Å². The molecule has 22 heavy (non-hydrogen) atoms. The molecule has 0 amide bonds. The third-order valence-electron chi connectivity index (χ3n) is 4.19. The predicted octanol–water partition coefficient (Wildman–Crippen LogP) is 2.76. The molecule has 0 radical (unpaired) electrons. The van der Waals surface area contributed by atoms with Gasteiger partial charge in [0.25, 0.3) is 0 Å². The van der Waals surface area contributed by atoms with Crippen LogP contribution in [-0.4, -0.2) is 43.6 Å². The maximum absolute atomic E-state index is 4.71. The van der Waals surface area contributed by atoms with Crippen molar-refractivity contribution in [2.45, 2.75) is 39.3 Å². The van der Waals surface area contributed by atoms with Crippen LogP contribution in [0.2, 0.25) is 0 Å². The van der Waals surface area contributed by atoms with E-state index in [0.29, 0.717) is 6.04 Å². The zero-order valence-electron chi connectivity index (χ0n) is 13.9. The van der Waals surface area contributed by atoms with Gasteiger partial charge >= 0.3 is 0 Å². The minimum atomic E-state index is 0.